The van der Waals surface area contributed by atoms with Crippen LogP contribution in [0, 0.1) is 11.2 Å². The Morgan fingerprint density at radius 2 is 1.90 bits per heavy atom. The molecule has 52 heavy (non-hydrogen) atoms. The lowest BCUT2D eigenvalue weighted by Crippen LogP contribution is -2.58. The molecule has 1 amide bonds. The van der Waals surface area contributed by atoms with Crippen LogP contribution in [-0.2, 0) is 9.53 Å². The van der Waals surface area contributed by atoms with Crippen molar-refractivity contribution in [1.29, 1.82) is 0 Å². The van der Waals surface area contributed by atoms with Crippen LogP contribution in [0.3, 0.4) is 0 Å². The molecule has 13 heteroatoms. The molecule has 4 aromatic rings. The molecule has 2 atom stereocenters. The van der Waals surface area contributed by atoms with Crippen molar-refractivity contribution in [2.45, 2.75) is 37.9 Å². The third-order valence-electron chi connectivity index (χ3n) is 11.2. The number of ether oxygens (including phenoxy) is 2. The van der Waals surface area contributed by atoms with Gasteiger partial charge in [0.05, 0.1) is 25.7 Å². The lowest BCUT2D eigenvalue weighted by atomic mass is 9.79. The molecule has 0 radical (unpaired) electrons. The van der Waals surface area contributed by atoms with E-state index in [1.54, 1.807) is 18.3 Å². The van der Waals surface area contributed by atoms with E-state index in [1.807, 2.05) is 41.3 Å². The van der Waals surface area contributed by atoms with Gasteiger partial charge in [-0.15, -0.1) is 0 Å². The number of morpholine rings is 1. The van der Waals surface area contributed by atoms with E-state index in [9.17, 15) is 9.18 Å². The minimum atomic E-state index is -0.552. The van der Waals surface area contributed by atoms with Gasteiger partial charge in [-0.1, -0.05) is 48.0 Å². The number of benzene rings is 2. The van der Waals surface area contributed by atoms with Gasteiger partial charge in [0.15, 0.2) is 5.82 Å². The van der Waals surface area contributed by atoms with Crippen molar-refractivity contribution in [2.24, 2.45) is 5.41 Å². The van der Waals surface area contributed by atoms with Gasteiger partial charge >= 0.3 is 6.01 Å². The third kappa shape index (κ3) is 6.93. The van der Waals surface area contributed by atoms with Gasteiger partial charge < -0.3 is 19.3 Å². The van der Waals surface area contributed by atoms with Crippen LogP contribution in [0.15, 0.2) is 54.7 Å². The number of carbonyl (C=O) groups excluding carboxylic acids is 1. The molecule has 274 valence electrons. The molecule has 7 heterocycles. The molecular weight excluding hydrogens is 688 g/mol. The number of likely N-dealkylation sites (tertiary alicyclic amines) is 1. The number of hydrogen-bond donors (Lipinski definition) is 0. The minimum absolute atomic E-state index is 0.0240. The molecule has 5 fully saturated rings. The van der Waals surface area contributed by atoms with Crippen LogP contribution in [0.2, 0.25) is 5.02 Å². The van der Waals surface area contributed by atoms with Gasteiger partial charge in [-0.05, 0) is 43.7 Å². The van der Waals surface area contributed by atoms with Crippen molar-refractivity contribution < 1.29 is 23.0 Å². The summed E-state index contributed by atoms with van der Waals surface area (Å²) in [6, 6.07) is 11.9. The van der Waals surface area contributed by atoms with E-state index in [1.165, 1.54) is 20.0 Å². The Kier molecular flexibility index (Phi) is 9.99. The van der Waals surface area contributed by atoms with Gasteiger partial charge in [-0.2, -0.15) is 9.97 Å². The molecule has 0 saturated carbocycles. The maximum atomic E-state index is 16.2. The standard InChI is InChI=1S/C32H32ClFN6O3.C7H12FN/c1-42-31-36-29-23(17-35-28(27(29)34)22-7-2-5-21-6-3-8-24(33)26(21)22)30(37-31)40-19-32(20-40)10-12-39(18-32)25(41)9-4-11-38-13-15-43-16-14-38;8-6-4-7-2-1-3-9(7)5-6/h2-9,17H,10-16,18-20H2,1H3;6-7H,1-5H2/b9-4+;. The highest BCUT2D eigenvalue weighted by atomic mass is 35.5. The molecule has 10 nitrogen and oxygen atoms in total. The Morgan fingerprint density at radius 1 is 1.10 bits per heavy atom. The molecule has 2 unspecified atom stereocenters. The van der Waals surface area contributed by atoms with Gasteiger partial charge in [-0.3, -0.25) is 19.6 Å². The summed E-state index contributed by atoms with van der Waals surface area (Å²) in [5.41, 5.74) is 0.887. The highest BCUT2D eigenvalue weighted by molar-refractivity contribution is 6.36. The Bertz CT molecular complexity index is 1970. The summed E-state index contributed by atoms with van der Waals surface area (Å²) in [7, 11) is 1.47. The molecule has 5 aliphatic heterocycles. The first-order valence-electron chi connectivity index (χ1n) is 18.3. The quantitative estimate of drug-likeness (QED) is 0.230. The van der Waals surface area contributed by atoms with Gasteiger partial charge in [0.2, 0.25) is 5.91 Å². The zero-order chi connectivity index (χ0) is 35.8. The Balaban J connectivity index is 0.000000372. The Morgan fingerprint density at radius 3 is 2.69 bits per heavy atom. The number of carbonyl (C=O) groups is 1. The zero-order valence-electron chi connectivity index (χ0n) is 29.4. The third-order valence-corrected chi connectivity index (χ3v) is 11.5. The molecule has 5 saturated heterocycles. The van der Waals surface area contributed by atoms with Gasteiger partial charge in [0, 0.05) is 92.1 Å². The largest absolute Gasteiger partial charge is 0.467 e. The summed E-state index contributed by atoms with van der Waals surface area (Å²) in [5.74, 6) is 0.0743. The van der Waals surface area contributed by atoms with Crippen LogP contribution in [0.1, 0.15) is 25.7 Å². The zero-order valence-corrected chi connectivity index (χ0v) is 30.2. The van der Waals surface area contributed by atoms with Crippen molar-refractivity contribution in [3.8, 4) is 17.3 Å². The molecule has 9 rings (SSSR count). The smallest absolute Gasteiger partial charge is 0.318 e. The van der Waals surface area contributed by atoms with Gasteiger partial charge in [0.25, 0.3) is 0 Å². The summed E-state index contributed by atoms with van der Waals surface area (Å²) in [6.45, 7) is 8.67. The molecule has 0 N–H and O–H groups in total. The highest BCUT2D eigenvalue weighted by Gasteiger charge is 2.49. The summed E-state index contributed by atoms with van der Waals surface area (Å²) in [5, 5.41) is 2.67. The lowest BCUT2D eigenvalue weighted by Gasteiger charge is -2.48. The number of anilines is 1. The predicted octanol–water partition coefficient (Wildman–Crippen LogP) is 5.77. The molecule has 1 spiro atoms. The monoisotopic (exact) mass is 731 g/mol. The van der Waals surface area contributed by atoms with Crippen molar-refractivity contribution in [2.75, 3.05) is 84.1 Å². The molecule has 0 bridgehead atoms. The summed E-state index contributed by atoms with van der Waals surface area (Å²) in [4.78, 5) is 35.0. The first kappa shape index (κ1) is 35.1. The second-order valence-corrected chi connectivity index (χ2v) is 15.1. The fraction of sp³-hybridized carbons (Fsp3) is 0.487. The van der Waals surface area contributed by atoms with E-state index >= 15 is 4.39 Å². The number of fused-ring (bicyclic) bond motifs is 3. The van der Waals surface area contributed by atoms with Crippen molar-refractivity contribution in [3.05, 3.63) is 65.6 Å². The number of pyridine rings is 1. The normalized spacial score (nSPS) is 23.0. The van der Waals surface area contributed by atoms with Crippen LogP contribution in [0.25, 0.3) is 32.9 Å². The molecule has 2 aromatic carbocycles. The number of hydrogen-bond acceptors (Lipinski definition) is 9. The number of aromatic nitrogens is 3. The summed E-state index contributed by atoms with van der Waals surface area (Å²) >= 11 is 6.53. The lowest BCUT2D eigenvalue weighted by molar-refractivity contribution is -0.125. The number of methoxy groups -OCH3 is 1. The Hall–Kier alpha value is -3.97. The minimum Gasteiger partial charge on any atom is -0.467 e. The van der Waals surface area contributed by atoms with E-state index in [-0.39, 0.29) is 28.5 Å². The van der Waals surface area contributed by atoms with Gasteiger partial charge in [-0.25, -0.2) is 8.78 Å². The van der Waals surface area contributed by atoms with Gasteiger partial charge in [0.1, 0.15) is 23.2 Å². The SMILES string of the molecule is COc1nc(N2CC3(CCN(C(=O)/C=C/CN4CCOCC4)C3)C2)c2cnc(-c3cccc4cccc(Cl)c34)c(F)c2n1.FC1CC2CCCN2C1. The molecular formula is C39H44ClF2N7O3. The number of alkyl halides is 1. The van der Waals surface area contributed by atoms with Crippen LogP contribution in [0.5, 0.6) is 6.01 Å². The Labute approximate surface area is 307 Å². The topological polar surface area (TPSA) is 87.2 Å². The maximum Gasteiger partial charge on any atom is 0.318 e. The van der Waals surface area contributed by atoms with Crippen molar-refractivity contribution in [3.63, 3.8) is 0 Å². The van der Waals surface area contributed by atoms with Crippen LogP contribution in [0.4, 0.5) is 14.6 Å². The number of rotatable bonds is 6. The average Bonchev–Trinajstić information content (AvgIpc) is 3.87. The summed E-state index contributed by atoms with van der Waals surface area (Å²) < 4.78 is 39.6. The van der Waals surface area contributed by atoms with Crippen molar-refractivity contribution in [1.82, 2.24) is 29.7 Å². The fourth-order valence-corrected chi connectivity index (χ4v) is 8.83. The second kappa shape index (κ2) is 14.8. The molecule has 0 aliphatic carbocycles. The summed E-state index contributed by atoms with van der Waals surface area (Å²) in [6.07, 6.45) is 9.00. The number of amides is 1. The van der Waals surface area contributed by atoms with Crippen LogP contribution in [-0.4, -0.2) is 127 Å². The number of halogens is 3. The van der Waals surface area contributed by atoms with E-state index in [0.29, 0.717) is 54.0 Å². The first-order chi connectivity index (χ1) is 25.3. The van der Waals surface area contributed by atoms with E-state index < -0.39 is 12.0 Å². The van der Waals surface area contributed by atoms with E-state index in [4.69, 9.17) is 21.1 Å². The molecule has 5 aliphatic rings. The first-order valence-corrected chi connectivity index (χ1v) is 18.6. The predicted molar refractivity (Wildman–Crippen MR) is 198 cm³/mol. The highest BCUT2D eigenvalue weighted by Crippen LogP contribution is 2.44. The fourth-order valence-electron chi connectivity index (χ4n) is 8.55. The van der Waals surface area contributed by atoms with Crippen LogP contribution >= 0.6 is 11.6 Å². The van der Waals surface area contributed by atoms with Crippen LogP contribution < -0.4 is 9.64 Å². The average molecular weight is 732 g/mol. The number of nitrogens with zero attached hydrogens (tertiary/aromatic N) is 7. The second-order valence-electron chi connectivity index (χ2n) is 14.7. The van der Waals surface area contributed by atoms with E-state index in [0.717, 1.165) is 69.6 Å². The maximum absolute atomic E-state index is 16.2. The van der Waals surface area contributed by atoms with E-state index in [2.05, 4.69) is 29.7 Å². The molecule has 2 aromatic heterocycles. The van der Waals surface area contributed by atoms with Crippen molar-refractivity contribution >= 4 is 45.0 Å².